The molecular formula is C17H25N3O4. The number of hydrogen-bond donors (Lipinski definition) is 0. The van der Waals surface area contributed by atoms with Crippen LogP contribution in [0.4, 0.5) is 11.4 Å². The smallest absolute Gasteiger partial charge is 0.330 e. The molecule has 24 heavy (non-hydrogen) atoms. The van der Waals surface area contributed by atoms with Crippen molar-refractivity contribution in [3.05, 3.63) is 33.4 Å². The summed E-state index contributed by atoms with van der Waals surface area (Å²) in [5.41, 5.74) is 1.95. The van der Waals surface area contributed by atoms with E-state index in [4.69, 9.17) is 4.84 Å². The third-order valence-corrected chi connectivity index (χ3v) is 4.09. The molecule has 0 amide bonds. The largest absolute Gasteiger partial charge is 0.369 e. The molecule has 0 bridgehead atoms. The van der Waals surface area contributed by atoms with Gasteiger partial charge in [0.15, 0.2) is 0 Å². The van der Waals surface area contributed by atoms with Crippen molar-refractivity contribution in [1.29, 1.82) is 0 Å². The van der Waals surface area contributed by atoms with Crippen molar-refractivity contribution in [1.82, 2.24) is 5.06 Å². The second-order valence-electron chi connectivity index (χ2n) is 7.23. The number of hydrogen-bond acceptors (Lipinski definition) is 6. The zero-order valence-electron chi connectivity index (χ0n) is 15.0. The minimum atomic E-state index is -0.524. The molecule has 7 heteroatoms. The van der Waals surface area contributed by atoms with Gasteiger partial charge in [0, 0.05) is 29.9 Å². The summed E-state index contributed by atoms with van der Waals surface area (Å²) in [6, 6.07) is 3.70. The molecule has 1 aromatic rings. The molecule has 0 spiro atoms. The predicted octanol–water partition coefficient (Wildman–Crippen LogP) is 2.84. The highest BCUT2D eigenvalue weighted by Crippen LogP contribution is 2.29. The quantitative estimate of drug-likeness (QED) is 0.624. The topological polar surface area (TPSA) is 75.9 Å². The summed E-state index contributed by atoms with van der Waals surface area (Å²) in [5.74, 6) is -0.238. The Bertz CT molecular complexity index is 621. The molecule has 0 aromatic heterocycles. The van der Waals surface area contributed by atoms with Gasteiger partial charge in [-0.1, -0.05) is 0 Å². The van der Waals surface area contributed by atoms with Gasteiger partial charge in [0.25, 0.3) is 5.69 Å². The first kappa shape index (κ1) is 18.2. The lowest BCUT2D eigenvalue weighted by Crippen LogP contribution is -2.48. The fourth-order valence-electron chi connectivity index (χ4n) is 2.70. The fourth-order valence-corrected chi connectivity index (χ4v) is 2.70. The first-order valence-corrected chi connectivity index (χ1v) is 8.07. The van der Waals surface area contributed by atoms with Crippen molar-refractivity contribution in [2.45, 2.75) is 34.6 Å². The molecule has 1 saturated heterocycles. The standard InChI is InChI=1S/C17H25N3O4/c1-12-10-14(11-13(2)15(12)20(22)23)18-6-8-19(9-7-18)24-16(21)17(3,4)5/h10-11H,6-9H2,1-5H3. The van der Waals surface area contributed by atoms with E-state index < -0.39 is 5.41 Å². The fraction of sp³-hybridized carbons (Fsp3) is 0.588. The Kier molecular flexibility index (Phi) is 5.13. The van der Waals surface area contributed by atoms with Crippen LogP contribution in [0.3, 0.4) is 0 Å². The van der Waals surface area contributed by atoms with Crippen LogP contribution in [0.2, 0.25) is 0 Å². The third-order valence-electron chi connectivity index (χ3n) is 4.09. The normalized spacial score (nSPS) is 16.1. The number of nitro groups is 1. The molecule has 1 heterocycles. The summed E-state index contributed by atoms with van der Waals surface area (Å²) < 4.78 is 0. The monoisotopic (exact) mass is 335 g/mol. The number of anilines is 1. The molecule has 0 N–H and O–H groups in total. The van der Waals surface area contributed by atoms with Gasteiger partial charge < -0.3 is 9.74 Å². The van der Waals surface area contributed by atoms with Crippen LogP contribution in [-0.2, 0) is 9.63 Å². The first-order chi connectivity index (χ1) is 11.1. The van der Waals surface area contributed by atoms with Crippen molar-refractivity contribution in [2.24, 2.45) is 5.41 Å². The Morgan fingerprint density at radius 1 is 1.12 bits per heavy atom. The van der Waals surface area contributed by atoms with E-state index in [2.05, 4.69) is 4.90 Å². The molecule has 1 fully saturated rings. The molecule has 1 aromatic carbocycles. The Hall–Kier alpha value is -2.15. The number of nitro benzene ring substituents is 1. The maximum atomic E-state index is 11.9. The average Bonchev–Trinajstić information content (AvgIpc) is 2.45. The van der Waals surface area contributed by atoms with Gasteiger partial charge in [0.05, 0.1) is 23.4 Å². The molecule has 1 aliphatic rings. The van der Waals surface area contributed by atoms with E-state index in [0.29, 0.717) is 37.3 Å². The summed E-state index contributed by atoms with van der Waals surface area (Å²) in [6.45, 7) is 11.6. The molecule has 0 radical (unpaired) electrons. The van der Waals surface area contributed by atoms with Gasteiger partial charge >= 0.3 is 5.97 Å². The minimum Gasteiger partial charge on any atom is -0.369 e. The minimum absolute atomic E-state index is 0.177. The van der Waals surface area contributed by atoms with Crippen molar-refractivity contribution < 1.29 is 14.6 Å². The van der Waals surface area contributed by atoms with E-state index in [0.717, 1.165) is 5.69 Å². The maximum Gasteiger partial charge on any atom is 0.330 e. The number of aryl methyl sites for hydroxylation is 2. The SMILES string of the molecule is Cc1cc(N2CCN(OC(=O)C(C)(C)C)CC2)cc(C)c1[N+](=O)[O-]. The highest BCUT2D eigenvalue weighted by Gasteiger charge is 2.28. The third kappa shape index (κ3) is 4.03. The number of carbonyl (C=O) groups is 1. The van der Waals surface area contributed by atoms with Gasteiger partial charge in [-0.05, 0) is 46.8 Å². The van der Waals surface area contributed by atoms with Crippen molar-refractivity contribution in [2.75, 3.05) is 31.1 Å². The van der Waals surface area contributed by atoms with Crippen LogP contribution in [0.5, 0.6) is 0 Å². The zero-order chi connectivity index (χ0) is 18.1. The lowest BCUT2D eigenvalue weighted by molar-refractivity contribution is -0.386. The molecule has 132 valence electrons. The van der Waals surface area contributed by atoms with Crippen molar-refractivity contribution in [3.8, 4) is 0 Å². The van der Waals surface area contributed by atoms with Gasteiger partial charge in [-0.15, -0.1) is 5.06 Å². The lowest BCUT2D eigenvalue weighted by atomic mass is 9.98. The van der Waals surface area contributed by atoms with E-state index in [-0.39, 0.29) is 16.6 Å². The van der Waals surface area contributed by atoms with E-state index in [1.54, 1.807) is 18.9 Å². The lowest BCUT2D eigenvalue weighted by Gasteiger charge is -2.36. The molecule has 2 rings (SSSR count). The highest BCUT2D eigenvalue weighted by molar-refractivity contribution is 5.75. The van der Waals surface area contributed by atoms with E-state index in [9.17, 15) is 14.9 Å². The summed E-state index contributed by atoms with van der Waals surface area (Å²) in [5, 5.41) is 12.8. The van der Waals surface area contributed by atoms with Crippen LogP contribution in [-0.4, -0.2) is 42.1 Å². The second-order valence-corrected chi connectivity index (χ2v) is 7.23. The molecule has 1 aliphatic heterocycles. The summed E-state index contributed by atoms with van der Waals surface area (Å²) >= 11 is 0. The zero-order valence-corrected chi connectivity index (χ0v) is 15.0. The van der Waals surface area contributed by atoms with Crippen LogP contribution in [0.15, 0.2) is 12.1 Å². The molecular weight excluding hydrogens is 310 g/mol. The molecule has 0 unspecified atom stereocenters. The van der Waals surface area contributed by atoms with Crippen LogP contribution < -0.4 is 4.90 Å². The van der Waals surface area contributed by atoms with Gasteiger partial charge in [-0.2, -0.15) is 0 Å². The second kappa shape index (κ2) is 6.76. The summed E-state index contributed by atoms with van der Waals surface area (Å²) in [7, 11) is 0. The molecule has 0 aliphatic carbocycles. The molecule has 0 saturated carbocycles. The van der Waals surface area contributed by atoms with Gasteiger partial charge in [-0.25, -0.2) is 4.79 Å². The van der Waals surface area contributed by atoms with Crippen LogP contribution >= 0.6 is 0 Å². The number of hydroxylamine groups is 2. The van der Waals surface area contributed by atoms with E-state index in [1.807, 2.05) is 32.9 Å². The number of rotatable bonds is 3. The Morgan fingerprint density at radius 3 is 2.04 bits per heavy atom. The summed E-state index contributed by atoms with van der Waals surface area (Å²) in [6.07, 6.45) is 0. The van der Waals surface area contributed by atoms with Crippen LogP contribution in [0.25, 0.3) is 0 Å². The first-order valence-electron chi connectivity index (χ1n) is 8.07. The Morgan fingerprint density at radius 2 is 1.62 bits per heavy atom. The number of piperazine rings is 1. The highest BCUT2D eigenvalue weighted by atomic mass is 16.7. The van der Waals surface area contributed by atoms with Crippen LogP contribution in [0, 0.1) is 29.4 Å². The molecule has 0 atom stereocenters. The van der Waals surface area contributed by atoms with Crippen molar-refractivity contribution in [3.63, 3.8) is 0 Å². The predicted molar refractivity (Wildman–Crippen MR) is 91.9 cm³/mol. The van der Waals surface area contributed by atoms with Gasteiger partial charge in [0.1, 0.15) is 0 Å². The summed E-state index contributed by atoms with van der Waals surface area (Å²) in [4.78, 5) is 30.3. The number of benzene rings is 1. The molecule has 7 nitrogen and oxygen atoms in total. The maximum absolute atomic E-state index is 11.9. The van der Waals surface area contributed by atoms with E-state index in [1.165, 1.54) is 0 Å². The van der Waals surface area contributed by atoms with Crippen LogP contribution in [0.1, 0.15) is 31.9 Å². The Labute approximate surface area is 142 Å². The Balaban J connectivity index is 2.03. The average molecular weight is 335 g/mol. The number of nitrogens with zero attached hydrogens (tertiary/aromatic N) is 3. The van der Waals surface area contributed by atoms with Crippen molar-refractivity contribution >= 4 is 17.3 Å². The number of carbonyl (C=O) groups excluding carboxylic acids is 1. The van der Waals surface area contributed by atoms with Gasteiger partial charge in [0.2, 0.25) is 0 Å². The van der Waals surface area contributed by atoms with E-state index >= 15 is 0 Å². The van der Waals surface area contributed by atoms with Gasteiger partial charge in [-0.3, -0.25) is 10.1 Å².